The summed E-state index contributed by atoms with van der Waals surface area (Å²) in [6.45, 7) is 7.43. The first-order chi connectivity index (χ1) is 18.7. The summed E-state index contributed by atoms with van der Waals surface area (Å²) in [5.41, 5.74) is 1.15. The monoisotopic (exact) mass is 555 g/mol. The lowest BCUT2D eigenvalue weighted by atomic mass is 10.0. The molecule has 2 aliphatic rings. The topological polar surface area (TPSA) is 35.9 Å². The summed E-state index contributed by atoms with van der Waals surface area (Å²) < 4.78 is 0. The van der Waals surface area contributed by atoms with E-state index in [1.165, 1.54) is 113 Å². The van der Waals surface area contributed by atoms with Gasteiger partial charge in [-0.2, -0.15) is 0 Å². The number of rotatable bonds is 19. The molecular formula is C32H49N3OS2. The molecule has 0 N–H and O–H groups in total. The second-order valence-corrected chi connectivity index (χ2v) is 12.5. The molecule has 0 saturated carbocycles. The average Bonchev–Trinajstić information content (AvgIpc) is 3.42. The van der Waals surface area contributed by atoms with Crippen molar-refractivity contribution in [1.29, 1.82) is 0 Å². The van der Waals surface area contributed by atoms with Gasteiger partial charge in [0.15, 0.2) is 5.17 Å². The van der Waals surface area contributed by atoms with Crippen molar-refractivity contribution in [1.82, 2.24) is 4.90 Å². The van der Waals surface area contributed by atoms with Crippen LogP contribution in [0.25, 0.3) is 0 Å². The number of amides is 1. The zero-order valence-corrected chi connectivity index (χ0v) is 25.5. The van der Waals surface area contributed by atoms with Crippen molar-refractivity contribution in [2.24, 2.45) is 4.99 Å². The number of thioether (sulfide) groups is 2. The van der Waals surface area contributed by atoms with Crippen LogP contribution in [0.3, 0.4) is 0 Å². The molecule has 4 nitrogen and oxygen atoms in total. The third kappa shape index (κ3) is 9.51. The number of unbranched alkanes of at least 4 members (excludes halogenated alkanes) is 15. The van der Waals surface area contributed by atoms with Gasteiger partial charge in [-0.1, -0.05) is 133 Å². The Balaban J connectivity index is 1.29. The molecule has 1 saturated heterocycles. The number of anilines is 1. The first kappa shape index (κ1) is 30.9. The number of para-hydroxylation sites is 1. The minimum Gasteiger partial charge on any atom is -0.337 e. The number of carbonyl (C=O) groups excluding carboxylic acids is 1. The van der Waals surface area contributed by atoms with E-state index in [0.717, 1.165) is 33.8 Å². The van der Waals surface area contributed by atoms with Crippen LogP contribution >= 0.6 is 23.5 Å². The van der Waals surface area contributed by atoms with E-state index in [9.17, 15) is 4.79 Å². The molecular weight excluding hydrogens is 507 g/mol. The highest BCUT2D eigenvalue weighted by atomic mass is 32.2. The molecule has 210 valence electrons. The fraction of sp³-hybridized carbons (Fsp3) is 0.625. The van der Waals surface area contributed by atoms with Gasteiger partial charge in [0.05, 0.1) is 10.7 Å². The summed E-state index contributed by atoms with van der Waals surface area (Å²) in [6.07, 6.45) is 23.7. The van der Waals surface area contributed by atoms with Crippen LogP contribution in [0.4, 0.5) is 5.69 Å². The lowest BCUT2D eigenvalue weighted by Crippen LogP contribution is -2.30. The summed E-state index contributed by atoms with van der Waals surface area (Å²) in [5.74, 6) is 0.0442. The third-order valence-electron chi connectivity index (χ3n) is 7.37. The highest BCUT2D eigenvalue weighted by molar-refractivity contribution is 8.19. The number of hydrogen-bond acceptors (Lipinski definition) is 5. The second kappa shape index (κ2) is 17.8. The molecule has 1 amide bonds. The van der Waals surface area contributed by atoms with Crippen LogP contribution in [0.15, 0.2) is 56.7 Å². The van der Waals surface area contributed by atoms with E-state index < -0.39 is 0 Å². The molecule has 0 atom stereocenters. The van der Waals surface area contributed by atoms with Crippen molar-refractivity contribution >= 4 is 40.3 Å². The standard InChI is InChI=1S/C32H49N3OS2/c1-4-6-7-8-9-10-11-12-13-14-15-16-17-18-19-22-25-33-32-35(26-5-2)30(36)29(38-32)31-34(3)27-23-20-21-24-28(27)37-31/h5,20-21,23-24H,2,4,6-19,22,25-26H2,1,3H3/b31-29-,33-32?. The second-order valence-electron chi connectivity index (χ2n) is 10.5. The number of carbonyl (C=O) groups is 1. The van der Waals surface area contributed by atoms with Gasteiger partial charge >= 0.3 is 0 Å². The van der Waals surface area contributed by atoms with Crippen LogP contribution < -0.4 is 4.90 Å². The molecule has 0 aromatic heterocycles. The van der Waals surface area contributed by atoms with Gasteiger partial charge in [0.2, 0.25) is 0 Å². The lowest BCUT2D eigenvalue weighted by Gasteiger charge is -2.15. The Hall–Kier alpha value is -1.66. The highest BCUT2D eigenvalue weighted by Gasteiger charge is 2.38. The van der Waals surface area contributed by atoms with Crippen LogP contribution in [-0.4, -0.2) is 36.1 Å². The minimum atomic E-state index is 0.0442. The predicted molar refractivity (Wildman–Crippen MR) is 169 cm³/mol. The third-order valence-corrected chi connectivity index (χ3v) is 9.84. The van der Waals surface area contributed by atoms with Gasteiger partial charge in [-0.15, -0.1) is 6.58 Å². The molecule has 0 radical (unpaired) electrons. The molecule has 6 heteroatoms. The van der Waals surface area contributed by atoms with E-state index in [4.69, 9.17) is 4.99 Å². The maximum atomic E-state index is 13.3. The Kier molecular flexibility index (Phi) is 14.5. The van der Waals surface area contributed by atoms with Gasteiger partial charge in [0.25, 0.3) is 5.91 Å². The number of amidine groups is 1. The number of hydrogen-bond donors (Lipinski definition) is 0. The minimum absolute atomic E-state index is 0.0442. The van der Waals surface area contributed by atoms with Crippen molar-refractivity contribution in [2.75, 3.05) is 25.0 Å². The molecule has 2 heterocycles. The van der Waals surface area contributed by atoms with E-state index in [0.29, 0.717) is 6.54 Å². The largest absolute Gasteiger partial charge is 0.337 e. The molecule has 1 aromatic rings. The van der Waals surface area contributed by atoms with Crippen molar-refractivity contribution in [2.45, 2.75) is 115 Å². The Morgan fingerprint density at radius 1 is 0.816 bits per heavy atom. The Morgan fingerprint density at radius 3 is 1.92 bits per heavy atom. The maximum Gasteiger partial charge on any atom is 0.269 e. The van der Waals surface area contributed by atoms with E-state index in [1.807, 2.05) is 19.2 Å². The number of benzene rings is 1. The Labute approximate surface area is 240 Å². The number of fused-ring (bicyclic) bond motifs is 1. The first-order valence-electron chi connectivity index (χ1n) is 15.1. The van der Waals surface area contributed by atoms with Crippen LogP contribution in [-0.2, 0) is 4.79 Å². The van der Waals surface area contributed by atoms with E-state index >= 15 is 0 Å². The van der Waals surface area contributed by atoms with E-state index in [2.05, 4.69) is 30.5 Å². The van der Waals surface area contributed by atoms with Crippen LogP contribution in [0.5, 0.6) is 0 Å². The van der Waals surface area contributed by atoms with Gasteiger partial charge in [-0.3, -0.25) is 14.7 Å². The summed E-state index contributed by atoms with van der Waals surface area (Å²) >= 11 is 3.20. The van der Waals surface area contributed by atoms with Crippen molar-refractivity contribution < 1.29 is 4.79 Å². The zero-order valence-electron chi connectivity index (χ0n) is 23.9. The van der Waals surface area contributed by atoms with Crippen LogP contribution in [0.2, 0.25) is 0 Å². The molecule has 1 fully saturated rings. The van der Waals surface area contributed by atoms with Crippen molar-refractivity contribution in [3.8, 4) is 0 Å². The van der Waals surface area contributed by atoms with Crippen LogP contribution in [0, 0.1) is 0 Å². The summed E-state index contributed by atoms with van der Waals surface area (Å²) in [7, 11) is 2.04. The molecule has 0 bridgehead atoms. The zero-order chi connectivity index (χ0) is 27.0. The molecule has 3 rings (SSSR count). The molecule has 0 unspecified atom stereocenters. The first-order valence-corrected chi connectivity index (χ1v) is 16.7. The normalized spacial score (nSPS) is 18.2. The van der Waals surface area contributed by atoms with Gasteiger partial charge in [0.1, 0.15) is 4.91 Å². The van der Waals surface area contributed by atoms with Gasteiger partial charge in [-0.05, 0) is 30.3 Å². The van der Waals surface area contributed by atoms with Gasteiger partial charge in [0, 0.05) is 25.0 Å². The van der Waals surface area contributed by atoms with Crippen LogP contribution in [0.1, 0.15) is 110 Å². The fourth-order valence-corrected chi connectivity index (χ4v) is 7.44. The van der Waals surface area contributed by atoms with Crippen molar-refractivity contribution in [3.05, 3.63) is 46.9 Å². The quantitative estimate of drug-likeness (QED) is 0.0967. The molecule has 0 spiro atoms. The SMILES string of the molecule is C=CCN1C(=O)/C(=C2/Sc3ccccc3N2C)SC1=NCCCCCCCCCCCCCCCCCC. The fourth-order valence-electron chi connectivity index (χ4n) is 5.08. The molecule has 38 heavy (non-hydrogen) atoms. The predicted octanol–water partition coefficient (Wildman–Crippen LogP) is 9.78. The van der Waals surface area contributed by atoms with E-state index in [-0.39, 0.29) is 5.91 Å². The molecule has 0 aliphatic carbocycles. The molecule has 1 aromatic carbocycles. The Bertz CT molecular complexity index is 942. The number of aliphatic imine (C=N–C) groups is 1. The summed E-state index contributed by atoms with van der Waals surface area (Å²) in [6, 6.07) is 8.31. The number of nitrogens with zero attached hydrogens (tertiary/aromatic N) is 3. The Morgan fingerprint density at radius 2 is 1.37 bits per heavy atom. The van der Waals surface area contributed by atoms with E-state index in [1.54, 1.807) is 22.7 Å². The van der Waals surface area contributed by atoms with Gasteiger partial charge < -0.3 is 4.90 Å². The molecule has 2 aliphatic heterocycles. The summed E-state index contributed by atoms with van der Waals surface area (Å²) in [4.78, 5) is 24.0. The average molecular weight is 556 g/mol. The lowest BCUT2D eigenvalue weighted by molar-refractivity contribution is -0.121. The highest BCUT2D eigenvalue weighted by Crippen LogP contribution is 2.49. The van der Waals surface area contributed by atoms with Gasteiger partial charge in [-0.25, -0.2) is 0 Å². The summed E-state index contributed by atoms with van der Waals surface area (Å²) in [5, 5.41) is 1.83. The van der Waals surface area contributed by atoms with Crippen molar-refractivity contribution in [3.63, 3.8) is 0 Å². The maximum absolute atomic E-state index is 13.3. The smallest absolute Gasteiger partial charge is 0.269 e.